The SMILES string of the molecule is O=C(OCCCc1cccnc1)[C@@H]1CCCCN1S(=O)(=O)Cc1cccc([N+](=O)[O-])c1. The molecule has 0 saturated carbocycles. The Bertz CT molecular complexity index is 1010. The van der Waals surface area contributed by atoms with Crippen LogP contribution in [-0.2, 0) is 31.7 Å². The van der Waals surface area contributed by atoms with Crippen molar-refractivity contribution in [3.63, 3.8) is 0 Å². The van der Waals surface area contributed by atoms with Gasteiger partial charge in [-0.1, -0.05) is 18.2 Å². The zero-order valence-electron chi connectivity index (χ0n) is 17.1. The van der Waals surface area contributed by atoms with Crippen molar-refractivity contribution in [2.45, 2.75) is 43.9 Å². The van der Waals surface area contributed by atoms with Crippen LogP contribution in [0.4, 0.5) is 5.69 Å². The highest BCUT2D eigenvalue weighted by Crippen LogP contribution is 2.25. The zero-order valence-corrected chi connectivity index (χ0v) is 17.9. The normalized spacial score (nSPS) is 17.2. The number of nitro groups is 1. The standard InChI is InChI=1S/C21H25N3O6S/c25-21(30-13-5-8-17-7-4-11-22-15-17)20-10-1-2-12-23(20)31(28,29)16-18-6-3-9-19(14-18)24(26)27/h3-4,6-7,9,11,14-15,20H,1-2,5,8,10,12-13,16H2/t20-/m0/s1. The molecule has 31 heavy (non-hydrogen) atoms. The number of esters is 1. The predicted molar refractivity (Wildman–Crippen MR) is 114 cm³/mol. The lowest BCUT2D eigenvalue weighted by atomic mass is 10.1. The highest BCUT2D eigenvalue weighted by molar-refractivity contribution is 7.88. The summed E-state index contributed by atoms with van der Waals surface area (Å²) >= 11 is 0. The van der Waals surface area contributed by atoms with Crippen molar-refractivity contribution in [1.29, 1.82) is 0 Å². The molecule has 0 spiro atoms. The van der Waals surface area contributed by atoms with Crippen LogP contribution in [0, 0.1) is 10.1 Å². The van der Waals surface area contributed by atoms with Gasteiger partial charge in [0, 0.05) is 31.1 Å². The molecule has 3 rings (SSSR count). The fraction of sp³-hybridized carbons (Fsp3) is 0.429. The maximum Gasteiger partial charge on any atom is 0.324 e. The van der Waals surface area contributed by atoms with E-state index in [4.69, 9.17) is 4.74 Å². The number of aryl methyl sites for hydroxylation is 1. The summed E-state index contributed by atoms with van der Waals surface area (Å²) in [7, 11) is -3.84. The van der Waals surface area contributed by atoms with Gasteiger partial charge in [-0.25, -0.2) is 8.42 Å². The lowest BCUT2D eigenvalue weighted by Crippen LogP contribution is -2.49. The highest BCUT2D eigenvalue weighted by Gasteiger charge is 2.37. The molecule has 0 amide bonds. The second kappa shape index (κ2) is 10.5. The third-order valence-corrected chi connectivity index (χ3v) is 6.98. The fourth-order valence-electron chi connectivity index (χ4n) is 3.62. The Morgan fingerprint density at radius 1 is 1.23 bits per heavy atom. The fourth-order valence-corrected chi connectivity index (χ4v) is 5.37. The maximum absolute atomic E-state index is 13.0. The summed E-state index contributed by atoms with van der Waals surface area (Å²) in [6.45, 7) is 0.426. The molecule has 0 unspecified atom stereocenters. The maximum atomic E-state index is 13.0. The van der Waals surface area contributed by atoms with Crippen molar-refractivity contribution in [2.75, 3.05) is 13.2 Å². The number of nitro benzene ring substituents is 1. The number of hydrogen-bond acceptors (Lipinski definition) is 7. The number of hydrogen-bond donors (Lipinski definition) is 0. The van der Waals surface area contributed by atoms with Crippen LogP contribution >= 0.6 is 0 Å². The third kappa shape index (κ3) is 6.31. The number of carbonyl (C=O) groups excluding carboxylic acids is 1. The van der Waals surface area contributed by atoms with Crippen molar-refractivity contribution in [3.05, 3.63) is 70.0 Å². The van der Waals surface area contributed by atoms with E-state index in [9.17, 15) is 23.3 Å². The van der Waals surface area contributed by atoms with E-state index in [1.165, 1.54) is 28.6 Å². The van der Waals surface area contributed by atoms with Gasteiger partial charge < -0.3 is 4.74 Å². The zero-order chi connectivity index (χ0) is 22.3. The van der Waals surface area contributed by atoms with Crippen molar-refractivity contribution >= 4 is 21.7 Å². The van der Waals surface area contributed by atoms with E-state index in [0.29, 0.717) is 31.2 Å². The van der Waals surface area contributed by atoms with Gasteiger partial charge in [0.05, 0.1) is 17.3 Å². The average Bonchev–Trinajstić information content (AvgIpc) is 2.77. The van der Waals surface area contributed by atoms with Gasteiger partial charge in [0.25, 0.3) is 5.69 Å². The third-order valence-electron chi connectivity index (χ3n) is 5.13. The average molecular weight is 448 g/mol. The minimum absolute atomic E-state index is 0.170. The number of non-ortho nitro benzene ring substituents is 1. The second-order valence-corrected chi connectivity index (χ2v) is 9.36. The molecule has 0 aliphatic carbocycles. The first-order chi connectivity index (χ1) is 14.9. The van der Waals surface area contributed by atoms with E-state index in [0.717, 1.165) is 12.0 Å². The van der Waals surface area contributed by atoms with Gasteiger partial charge in [0.1, 0.15) is 6.04 Å². The molecule has 10 heteroatoms. The van der Waals surface area contributed by atoms with E-state index < -0.39 is 32.7 Å². The number of piperidine rings is 1. The molecule has 2 aromatic rings. The number of benzene rings is 1. The van der Waals surface area contributed by atoms with Crippen molar-refractivity contribution < 1.29 is 22.9 Å². The number of rotatable bonds is 9. The molecule has 9 nitrogen and oxygen atoms in total. The lowest BCUT2D eigenvalue weighted by Gasteiger charge is -2.33. The Hall–Kier alpha value is -2.85. The summed E-state index contributed by atoms with van der Waals surface area (Å²) in [5.74, 6) is -0.951. The Morgan fingerprint density at radius 3 is 2.77 bits per heavy atom. The Labute approximate surface area is 181 Å². The quantitative estimate of drug-likeness (QED) is 0.251. The van der Waals surface area contributed by atoms with Crippen molar-refractivity contribution in [1.82, 2.24) is 9.29 Å². The van der Waals surface area contributed by atoms with Gasteiger partial charge in [-0.2, -0.15) is 4.31 Å². The largest absolute Gasteiger partial charge is 0.464 e. The van der Waals surface area contributed by atoms with Crippen LogP contribution in [-0.4, -0.2) is 47.8 Å². The van der Waals surface area contributed by atoms with Gasteiger partial charge in [-0.15, -0.1) is 0 Å². The van der Waals surface area contributed by atoms with Crippen LogP contribution in [0.1, 0.15) is 36.8 Å². The van der Waals surface area contributed by atoms with Crippen LogP contribution in [0.25, 0.3) is 0 Å². The minimum atomic E-state index is -3.84. The molecule has 2 heterocycles. The van der Waals surface area contributed by atoms with E-state index in [-0.39, 0.29) is 18.8 Å². The first-order valence-corrected chi connectivity index (χ1v) is 11.8. The Balaban J connectivity index is 1.61. The molecule has 0 bridgehead atoms. The van der Waals surface area contributed by atoms with E-state index in [2.05, 4.69) is 4.98 Å². The highest BCUT2D eigenvalue weighted by atomic mass is 32.2. The molecule has 1 aromatic heterocycles. The molecule has 1 atom stereocenters. The number of sulfonamides is 1. The number of carbonyl (C=O) groups is 1. The monoisotopic (exact) mass is 447 g/mol. The Kier molecular flexibility index (Phi) is 7.69. The Morgan fingerprint density at radius 2 is 2.03 bits per heavy atom. The van der Waals surface area contributed by atoms with E-state index in [1.54, 1.807) is 12.4 Å². The smallest absolute Gasteiger partial charge is 0.324 e. The molecule has 0 N–H and O–H groups in total. The van der Waals surface area contributed by atoms with Gasteiger partial charge in [-0.3, -0.25) is 19.9 Å². The number of aromatic nitrogens is 1. The predicted octanol–water partition coefficient (Wildman–Crippen LogP) is 2.85. The molecule has 0 radical (unpaired) electrons. The molecular formula is C21H25N3O6S. The van der Waals surface area contributed by atoms with E-state index in [1.807, 2.05) is 12.1 Å². The summed E-state index contributed by atoms with van der Waals surface area (Å²) < 4.78 is 32.6. The molecule has 1 aromatic carbocycles. The summed E-state index contributed by atoms with van der Waals surface area (Å²) in [4.78, 5) is 27.1. The molecular weight excluding hydrogens is 422 g/mol. The molecule has 1 fully saturated rings. The van der Waals surface area contributed by atoms with E-state index >= 15 is 0 Å². The topological polar surface area (TPSA) is 120 Å². The number of pyridine rings is 1. The van der Waals surface area contributed by atoms with Crippen LogP contribution < -0.4 is 0 Å². The van der Waals surface area contributed by atoms with Crippen molar-refractivity contribution in [3.8, 4) is 0 Å². The van der Waals surface area contributed by atoms with Crippen LogP contribution in [0.5, 0.6) is 0 Å². The summed E-state index contributed by atoms with van der Waals surface area (Å²) in [5.41, 5.74) is 1.18. The number of ether oxygens (including phenoxy) is 1. The molecule has 1 aliphatic rings. The van der Waals surface area contributed by atoms with Crippen LogP contribution in [0.2, 0.25) is 0 Å². The summed E-state index contributed by atoms with van der Waals surface area (Å²) in [6.07, 6.45) is 6.55. The van der Waals surface area contributed by atoms with Gasteiger partial charge >= 0.3 is 5.97 Å². The van der Waals surface area contributed by atoms with Gasteiger partial charge in [0.15, 0.2) is 0 Å². The van der Waals surface area contributed by atoms with Crippen molar-refractivity contribution in [2.24, 2.45) is 0 Å². The summed E-state index contributed by atoms with van der Waals surface area (Å²) in [5, 5.41) is 11.0. The molecule has 166 valence electrons. The van der Waals surface area contributed by atoms with Gasteiger partial charge in [0.2, 0.25) is 10.0 Å². The van der Waals surface area contributed by atoms with Crippen LogP contribution in [0.3, 0.4) is 0 Å². The van der Waals surface area contributed by atoms with Crippen LogP contribution in [0.15, 0.2) is 48.8 Å². The number of nitrogens with zero attached hydrogens (tertiary/aromatic N) is 3. The molecule has 1 aliphatic heterocycles. The second-order valence-electron chi connectivity index (χ2n) is 7.44. The molecule has 1 saturated heterocycles. The first-order valence-electron chi connectivity index (χ1n) is 10.2. The van der Waals surface area contributed by atoms with Gasteiger partial charge in [-0.05, 0) is 49.3 Å². The minimum Gasteiger partial charge on any atom is -0.464 e. The summed E-state index contributed by atoms with van der Waals surface area (Å²) in [6, 6.07) is 8.45. The lowest BCUT2D eigenvalue weighted by molar-refractivity contribution is -0.384. The first kappa shape index (κ1) is 22.8.